The molecule has 2 aromatic carbocycles. The summed E-state index contributed by atoms with van der Waals surface area (Å²) >= 11 is 11.2. The molecule has 0 unspecified atom stereocenters. The number of alkyl halides is 2. The minimum Gasteiger partial charge on any atom is -0.293 e. The first kappa shape index (κ1) is 15.3. The molecule has 0 saturated carbocycles. The van der Waals surface area contributed by atoms with E-state index < -0.39 is 0 Å². The summed E-state index contributed by atoms with van der Waals surface area (Å²) in [4.78, 5) is 23.4. The number of rotatable bonds is 4. The van der Waals surface area contributed by atoms with Crippen molar-refractivity contribution in [1.82, 2.24) is 0 Å². The Bertz CT molecular complexity index is 700. The number of hydrogen-bond acceptors (Lipinski definition) is 2. The second-order valence-electron chi connectivity index (χ2n) is 5.43. The Morgan fingerprint density at radius 1 is 0.727 bits per heavy atom. The summed E-state index contributed by atoms with van der Waals surface area (Å²) in [6.07, 6.45) is 1.53. The van der Waals surface area contributed by atoms with E-state index in [2.05, 4.69) is 0 Å². The molecule has 0 aromatic heterocycles. The molecular weight excluding hydrogens is 319 g/mol. The number of Topliss-reactive ketones (excluding diaryl/α,β-unsaturated/α-hetero) is 2. The highest BCUT2D eigenvalue weighted by Crippen LogP contribution is 2.29. The Hall–Kier alpha value is -1.64. The molecule has 112 valence electrons. The van der Waals surface area contributed by atoms with Gasteiger partial charge in [0.2, 0.25) is 0 Å². The Morgan fingerprint density at radius 2 is 1.14 bits per heavy atom. The van der Waals surface area contributed by atoms with Gasteiger partial charge in [-0.1, -0.05) is 24.3 Å². The molecule has 3 rings (SSSR count). The van der Waals surface area contributed by atoms with Crippen LogP contribution in [0.4, 0.5) is 0 Å². The van der Waals surface area contributed by atoms with Gasteiger partial charge >= 0.3 is 0 Å². The van der Waals surface area contributed by atoms with E-state index in [1.807, 2.05) is 36.4 Å². The summed E-state index contributed by atoms with van der Waals surface area (Å²) in [6.45, 7) is 0. The molecule has 0 atom stereocenters. The topological polar surface area (TPSA) is 34.1 Å². The van der Waals surface area contributed by atoms with Gasteiger partial charge in [0, 0.05) is 11.1 Å². The van der Waals surface area contributed by atoms with E-state index in [1.165, 1.54) is 11.1 Å². The molecule has 0 saturated heterocycles. The minimum absolute atomic E-state index is 0.000723. The highest BCUT2D eigenvalue weighted by atomic mass is 35.5. The van der Waals surface area contributed by atoms with Crippen LogP contribution >= 0.6 is 23.2 Å². The smallest absolute Gasteiger partial charge is 0.177 e. The molecule has 1 aliphatic carbocycles. The molecule has 2 nitrogen and oxygen atoms in total. The summed E-state index contributed by atoms with van der Waals surface area (Å²) in [5.74, 6) is -0.116. The van der Waals surface area contributed by atoms with Crippen molar-refractivity contribution in [2.45, 2.75) is 12.8 Å². The molecule has 0 fully saturated rings. The molecule has 0 spiro atoms. The number of ketones is 2. The lowest BCUT2D eigenvalue weighted by Gasteiger charge is -2.21. The molecule has 0 amide bonds. The Balaban J connectivity index is 1.95. The van der Waals surface area contributed by atoms with Gasteiger partial charge < -0.3 is 0 Å². The quantitative estimate of drug-likeness (QED) is 0.534. The highest BCUT2D eigenvalue weighted by Gasteiger charge is 2.18. The summed E-state index contributed by atoms with van der Waals surface area (Å²) in [5, 5.41) is 0. The van der Waals surface area contributed by atoms with Crippen molar-refractivity contribution in [1.29, 1.82) is 0 Å². The van der Waals surface area contributed by atoms with E-state index in [0.29, 0.717) is 11.1 Å². The Kier molecular flexibility index (Phi) is 4.32. The van der Waals surface area contributed by atoms with Gasteiger partial charge in [-0.05, 0) is 47.2 Å². The van der Waals surface area contributed by atoms with Crippen LogP contribution < -0.4 is 0 Å². The largest absolute Gasteiger partial charge is 0.293 e. The van der Waals surface area contributed by atoms with Gasteiger partial charge in [0.25, 0.3) is 0 Å². The lowest BCUT2D eigenvalue weighted by atomic mass is 9.84. The number of benzene rings is 2. The third kappa shape index (κ3) is 2.81. The first-order valence-electron chi connectivity index (χ1n) is 7.04. The third-order valence-corrected chi connectivity index (χ3v) is 4.55. The van der Waals surface area contributed by atoms with Gasteiger partial charge in [0.05, 0.1) is 11.8 Å². The van der Waals surface area contributed by atoms with E-state index >= 15 is 0 Å². The van der Waals surface area contributed by atoms with Gasteiger partial charge in [-0.2, -0.15) is 0 Å². The van der Waals surface area contributed by atoms with Gasteiger partial charge in [-0.3, -0.25) is 9.59 Å². The fourth-order valence-corrected chi connectivity index (χ4v) is 3.15. The number of halogens is 2. The average molecular weight is 333 g/mol. The van der Waals surface area contributed by atoms with Crippen LogP contribution in [0.5, 0.6) is 0 Å². The second-order valence-corrected chi connectivity index (χ2v) is 5.97. The molecule has 4 heteroatoms. The van der Waals surface area contributed by atoms with Crippen LogP contribution in [0.2, 0.25) is 0 Å². The van der Waals surface area contributed by atoms with Crippen LogP contribution in [0.15, 0.2) is 36.4 Å². The molecule has 22 heavy (non-hydrogen) atoms. The number of carbonyl (C=O) groups excluding carboxylic acids is 2. The first-order valence-corrected chi connectivity index (χ1v) is 8.11. The van der Waals surface area contributed by atoms with Gasteiger partial charge in [-0.15, -0.1) is 23.2 Å². The Labute approximate surface area is 139 Å². The maximum atomic E-state index is 11.7. The van der Waals surface area contributed by atoms with Crippen LogP contribution in [0.3, 0.4) is 0 Å². The molecule has 0 bridgehead atoms. The highest BCUT2D eigenvalue weighted by molar-refractivity contribution is 6.30. The molecular formula is C18H14Cl2O2. The molecule has 1 aliphatic rings. The lowest BCUT2D eigenvalue weighted by Crippen LogP contribution is -2.11. The second kappa shape index (κ2) is 6.23. The van der Waals surface area contributed by atoms with Crippen LogP contribution in [-0.4, -0.2) is 23.3 Å². The van der Waals surface area contributed by atoms with Gasteiger partial charge in [0.1, 0.15) is 0 Å². The van der Waals surface area contributed by atoms with Gasteiger partial charge in [0.15, 0.2) is 11.6 Å². The van der Waals surface area contributed by atoms with E-state index in [1.54, 1.807) is 0 Å². The van der Waals surface area contributed by atoms with Gasteiger partial charge in [-0.25, -0.2) is 0 Å². The van der Waals surface area contributed by atoms with Crippen LogP contribution in [0.1, 0.15) is 43.0 Å². The fourth-order valence-electron chi connectivity index (χ4n) is 2.84. The van der Waals surface area contributed by atoms with Crippen molar-refractivity contribution in [2.24, 2.45) is 0 Å². The maximum Gasteiger partial charge on any atom is 0.177 e. The normalized spacial score (nSPS) is 12.5. The van der Waals surface area contributed by atoms with E-state index in [-0.39, 0.29) is 23.3 Å². The number of fused-ring (bicyclic) bond motifs is 2. The monoisotopic (exact) mass is 332 g/mol. The van der Waals surface area contributed by atoms with Crippen molar-refractivity contribution in [3.63, 3.8) is 0 Å². The molecule has 0 aliphatic heterocycles. The molecule has 2 aromatic rings. The number of hydrogen-bond donors (Lipinski definition) is 0. The third-order valence-electron chi connectivity index (χ3n) is 4.06. The van der Waals surface area contributed by atoms with Crippen LogP contribution in [0.25, 0.3) is 0 Å². The maximum absolute atomic E-state index is 11.7. The Morgan fingerprint density at radius 3 is 1.50 bits per heavy atom. The fraction of sp³-hybridized carbons (Fsp3) is 0.222. The zero-order valence-corrected chi connectivity index (χ0v) is 13.4. The van der Waals surface area contributed by atoms with E-state index in [4.69, 9.17) is 23.2 Å². The summed E-state index contributed by atoms with van der Waals surface area (Å²) in [7, 11) is 0. The van der Waals surface area contributed by atoms with Crippen molar-refractivity contribution < 1.29 is 9.59 Å². The molecule has 0 radical (unpaired) electrons. The first-order chi connectivity index (χ1) is 10.6. The lowest BCUT2D eigenvalue weighted by molar-refractivity contribution is 0.101. The van der Waals surface area contributed by atoms with Crippen LogP contribution in [0, 0.1) is 0 Å². The zero-order chi connectivity index (χ0) is 15.7. The van der Waals surface area contributed by atoms with Crippen molar-refractivity contribution in [3.05, 3.63) is 69.8 Å². The van der Waals surface area contributed by atoms with Crippen molar-refractivity contribution in [3.8, 4) is 0 Å². The predicted octanol–water partition coefficient (Wildman–Crippen LogP) is 4.02. The predicted molar refractivity (Wildman–Crippen MR) is 88.6 cm³/mol. The summed E-state index contributed by atoms with van der Waals surface area (Å²) < 4.78 is 0. The SMILES string of the molecule is O=C(CCl)c1ccc2c(c1)Cc1ccc(C(=O)CCl)cc1C2. The summed E-state index contributed by atoms with van der Waals surface area (Å²) in [5.41, 5.74) is 6.00. The molecule has 0 heterocycles. The van der Waals surface area contributed by atoms with Crippen molar-refractivity contribution >= 4 is 34.8 Å². The number of carbonyl (C=O) groups is 2. The minimum atomic E-state index is -0.0571. The molecule has 0 N–H and O–H groups in total. The average Bonchev–Trinajstić information content (AvgIpc) is 2.57. The zero-order valence-electron chi connectivity index (χ0n) is 11.9. The van der Waals surface area contributed by atoms with E-state index in [9.17, 15) is 9.59 Å². The standard InChI is InChI=1S/C18H14Cl2O2/c19-9-17(21)13-3-1-11-5-16-8-14(18(22)10-20)4-2-12(16)6-15(11)7-13/h1-4,7-8H,5-6,9-10H2. The van der Waals surface area contributed by atoms with E-state index in [0.717, 1.165) is 24.0 Å². The van der Waals surface area contributed by atoms with Crippen LogP contribution in [-0.2, 0) is 12.8 Å². The summed E-state index contributed by atoms with van der Waals surface area (Å²) in [6, 6.07) is 11.5. The van der Waals surface area contributed by atoms with Crippen molar-refractivity contribution in [2.75, 3.05) is 11.8 Å².